The fourth-order valence-corrected chi connectivity index (χ4v) is 11.6. The van der Waals surface area contributed by atoms with Crippen LogP contribution in [0.5, 0.6) is 11.5 Å². The van der Waals surface area contributed by atoms with Crippen LogP contribution in [0.4, 0.5) is 5.82 Å². The molecular formula is C49H54N8O7. The first kappa shape index (κ1) is 42.9. The van der Waals surface area contributed by atoms with E-state index in [4.69, 9.17) is 20.2 Å². The van der Waals surface area contributed by atoms with Crippen LogP contribution in [0.15, 0.2) is 60.8 Å². The second-order valence-corrected chi connectivity index (χ2v) is 19.2. The van der Waals surface area contributed by atoms with Gasteiger partial charge in [-0.3, -0.25) is 44.1 Å². The highest BCUT2D eigenvalue weighted by Gasteiger charge is 2.64. The smallest absolute Gasteiger partial charge is 0.262 e. The van der Waals surface area contributed by atoms with Crippen LogP contribution in [-0.4, -0.2) is 99.8 Å². The Morgan fingerprint density at radius 3 is 2.45 bits per heavy atom. The Kier molecular flexibility index (Phi) is 10.9. The topological polar surface area (TPSA) is 201 Å². The molecule has 2 saturated carbocycles. The molecule has 5 amide bonds. The lowest BCUT2D eigenvalue weighted by Gasteiger charge is -2.63. The SMILES string of the molecule is CCN(CC1CCCN(c2cc(C(N)=O)cc(C3C(C)(C)C(Oc4ccc(C#N)c5ncccc45)C3(C)C)n2)C1)C1CCC1Oc1ccc2c(c1)C(=O)N(C1CCC(=O)NC1=O)C2=O. The number of likely N-dealkylation sites (N-methyl/N-ethyl adjacent to an activating group) is 1. The number of pyridine rings is 2. The average Bonchev–Trinajstić information content (AvgIpc) is 3.51. The van der Waals surface area contributed by atoms with E-state index in [1.54, 1.807) is 30.5 Å². The van der Waals surface area contributed by atoms with Gasteiger partial charge in [0.1, 0.15) is 41.6 Å². The number of hydrogen-bond acceptors (Lipinski definition) is 12. The van der Waals surface area contributed by atoms with Crippen molar-refractivity contribution in [3.05, 3.63) is 88.7 Å². The summed E-state index contributed by atoms with van der Waals surface area (Å²) in [6, 6.07) is 17.3. The number of aromatic nitrogens is 2. The minimum atomic E-state index is -1.03. The summed E-state index contributed by atoms with van der Waals surface area (Å²) in [5.41, 5.74) is 7.96. The second-order valence-electron chi connectivity index (χ2n) is 19.2. The average molecular weight is 867 g/mol. The third kappa shape index (κ3) is 7.31. The standard InChI is InChI=1S/C49H54N8O7/c1-6-55(35-14-17-38(35)63-30-12-13-31-33(23-30)46(62)57(45(31)61)36-15-18-40(58)54-44(36)60)25-27-9-8-20-56(26-27)39-22-29(43(51)59)21-34(53-39)42-48(2,3)47(49(42,4)5)64-37-16-11-28(24-50)41-32(37)10-7-19-52-41/h7,10-13,16,19,21-23,27,35-36,38,42,47H,6,8-9,14-15,17-18,20,25-26H2,1-5H3,(H2,51,59)(H,54,58,60). The number of carbonyl (C=O) groups excluding carboxylic acids is 5. The Hall–Kier alpha value is -6.40. The summed E-state index contributed by atoms with van der Waals surface area (Å²) in [6.07, 6.45) is 5.32. The number of rotatable bonds is 12. The van der Waals surface area contributed by atoms with Gasteiger partial charge in [0.2, 0.25) is 17.7 Å². The van der Waals surface area contributed by atoms with Crippen molar-refractivity contribution in [3.63, 3.8) is 0 Å². The zero-order chi connectivity index (χ0) is 45.2. The van der Waals surface area contributed by atoms with Crippen LogP contribution in [0.25, 0.3) is 10.9 Å². The number of benzene rings is 2. The summed E-state index contributed by atoms with van der Waals surface area (Å²) in [5.74, 6) is -0.503. The predicted molar refractivity (Wildman–Crippen MR) is 237 cm³/mol. The minimum absolute atomic E-state index is 0.0584. The van der Waals surface area contributed by atoms with E-state index in [9.17, 15) is 29.2 Å². The second kappa shape index (κ2) is 16.3. The summed E-state index contributed by atoms with van der Waals surface area (Å²) >= 11 is 0. The number of piperidine rings is 2. The van der Waals surface area contributed by atoms with Gasteiger partial charge >= 0.3 is 0 Å². The summed E-state index contributed by atoms with van der Waals surface area (Å²) in [5, 5.41) is 12.7. The predicted octanol–water partition coefficient (Wildman–Crippen LogP) is 5.75. The van der Waals surface area contributed by atoms with Gasteiger partial charge in [0.15, 0.2) is 0 Å². The largest absolute Gasteiger partial charge is 0.489 e. The van der Waals surface area contributed by atoms with Gasteiger partial charge < -0.3 is 20.1 Å². The molecule has 15 heteroatoms. The summed E-state index contributed by atoms with van der Waals surface area (Å²) < 4.78 is 13.3. The van der Waals surface area contributed by atoms with Crippen LogP contribution < -0.4 is 25.4 Å². The maximum Gasteiger partial charge on any atom is 0.262 e. The lowest BCUT2D eigenvalue weighted by molar-refractivity contribution is -0.161. The molecule has 0 bridgehead atoms. The molecule has 64 heavy (non-hydrogen) atoms. The van der Waals surface area contributed by atoms with Crippen molar-refractivity contribution < 1.29 is 33.4 Å². The van der Waals surface area contributed by atoms with E-state index in [1.807, 2.05) is 30.3 Å². The molecule has 5 heterocycles. The number of ether oxygens (including phenoxy) is 2. The number of fused-ring (bicyclic) bond motifs is 2. The van der Waals surface area contributed by atoms with Gasteiger partial charge in [0, 0.05) is 71.7 Å². The van der Waals surface area contributed by atoms with Gasteiger partial charge in [0.25, 0.3) is 11.8 Å². The van der Waals surface area contributed by atoms with Gasteiger partial charge in [-0.2, -0.15) is 5.26 Å². The minimum Gasteiger partial charge on any atom is -0.489 e. The molecule has 2 aromatic carbocycles. The number of primary amides is 1. The van der Waals surface area contributed by atoms with E-state index in [0.29, 0.717) is 34.1 Å². The third-order valence-corrected chi connectivity index (χ3v) is 14.4. The van der Waals surface area contributed by atoms with E-state index in [-0.39, 0.29) is 59.0 Å². The number of nitriles is 1. The van der Waals surface area contributed by atoms with Crippen LogP contribution in [0, 0.1) is 28.1 Å². The number of nitrogens with one attached hydrogen (secondary N) is 1. The quantitative estimate of drug-likeness (QED) is 0.164. The summed E-state index contributed by atoms with van der Waals surface area (Å²) in [4.78, 5) is 79.3. The van der Waals surface area contributed by atoms with Crippen molar-refractivity contribution in [2.75, 3.05) is 31.1 Å². The first-order valence-electron chi connectivity index (χ1n) is 22.4. The Morgan fingerprint density at radius 1 is 0.969 bits per heavy atom. The van der Waals surface area contributed by atoms with Gasteiger partial charge in [0.05, 0.1) is 22.2 Å². The first-order chi connectivity index (χ1) is 30.6. The van der Waals surface area contributed by atoms with Crippen molar-refractivity contribution >= 4 is 46.3 Å². The molecule has 4 fully saturated rings. The van der Waals surface area contributed by atoms with Crippen LogP contribution in [0.2, 0.25) is 0 Å². The van der Waals surface area contributed by atoms with Gasteiger partial charge in [-0.15, -0.1) is 0 Å². The molecule has 2 saturated heterocycles. The van der Waals surface area contributed by atoms with E-state index in [2.05, 4.69) is 60.8 Å². The highest BCUT2D eigenvalue weighted by atomic mass is 16.5. The molecule has 15 nitrogen and oxygen atoms in total. The number of carbonyl (C=O) groups is 5. The Bertz CT molecular complexity index is 2620. The molecule has 2 aromatic heterocycles. The van der Waals surface area contributed by atoms with Crippen molar-refractivity contribution in [2.45, 2.75) is 103 Å². The van der Waals surface area contributed by atoms with E-state index in [0.717, 1.165) is 73.7 Å². The summed E-state index contributed by atoms with van der Waals surface area (Å²) in [7, 11) is 0. The highest BCUT2D eigenvalue weighted by Crippen LogP contribution is 2.65. The maximum atomic E-state index is 13.5. The maximum absolute atomic E-state index is 13.5. The van der Waals surface area contributed by atoms with E-state index >= 15 is 0 Å². The number of imide groups is 2. The fraction of sp³-hybridized carbons (Fsp3) is 0.469. The van der Waals surface area contributed by atoms with Gasteiger partial charge in [-0.25, -0.2) is 4.98 Å². The van der Waals surface area contributed by atoms with Crippen LogP contribution >= 0.6 is 0 Å². The highest BCUT2D eigenvalue weighted by molar-refractivity contribution is 6.23. The van der Waals surface area contributed by atoms with Gasteiger partial charge in [-0.05, 0) is 99.2 Å². The molecule has 332 valence electrons. The number of hydrogen-bond donors (Lipinski definition) is 2. The molecule has 4 unspecified atom stereocenters. The third-order valence-electron chi connectivity index (χ3n) is 14.4. The lowest BCUT2D eigenvalue weighted by atomic mass is 9.45. The molecule has 4 atom stereocenters. The first-order valence-corrected chi connectivity index (χ1v) is 22.4. The Morgan fingerprint density at radius 2 is 1.75 bits per heavy atom. The molecule has 9 rings (SSSR count). The van der Waals surface area contributed by atoms with Crippen LogP contribution in [-0.2, 0) is 9.59 Å². The molecule has 3 aliphatic heterocycles. The number of nitrogens with two attached hydrogens (primary N) is 1. The van der Waals surface area contributed by atoms with E-state index in [1.165, 1.54) is 0 Å². The fourth-order valence-electron chi connectivity index (χ4n) is 11.6. The Balaban J connectivity index is 0.877. The van der Waals surface area contributed by atoms with E-state index < -0.39 is 35.6 Å². The Labute approximate surface area is 372 Å². The molecule has 2 aliphatic carbocycles. The normalized spacial score (nSPS) is 25.9. The zero-order valence-electron chi connectivity index (χ0n) is 36.9. The molecule has 0 spiro atoms. The lowest BCUT2D eigenvalue weighted by Crippen LogP contribution is -2.64. The number of anilines is 1. The molecule has 4 aromatic rings. The zero-order valence-corrected chi connectivity index (χ0v) is 36.9. The number of nitrogens with zero attached hydrogens (tertiary/aromatic N) is 6. The molecule has 0 radical (unpaired) electrons. The van der Waals surface area contributed by atoms with Crippen molar-refractivity contribution in [2.24, 2.45) is 22.5 Å². The molecule has 5 aliphatic rings. The van der Waals surface area contributed by atoms with Crippen molar-refractivity contribution in [1.82, 2.24) is 25.1 Å². The van der Waals surface area contributed by atoms with Crippen LogP contribution in [0.3, 0.4) is 0 Å². The summed E-state index contributed by atoms with van der Waals surface area (Å²) in [6.45, 7) is 14.1. The van der Waals surface area contributed by atoms with Crippen LogP contribution in [0.1, 0.15) is 121 Å². The molecular weight excluding hydrogens is 813 g/mol. The molecule has 3 N–H and O–H groups in total. The number of amides is 5. The van der Waals surface area contributed by atoms with Crippen molar-refractivity contribution in [1.29, 1.82) is 5.26 Å². The van der Waals surface area contributed by atoms with Gasteiger partial charge in [-0.1, -0.05) is 34.6 Å². The van der Waals surface area contributed by atoms with Crippen molar-refractivity contribution in [3.8, 4) is 17.6 Å². The monoisotopic (exact) mass is 866 g/mol.